The van der Waals surface area contributed by atoms with Gasteiger partial charge in [0.15, 0.2) is 5.11 Å². The number of anilines is 2. The minimum Gasteiger partial charge on any atom is -0.392 e. The number of fused-ring (bicyclic) bond motifs is 1. The Bertz CT molecular complexity index is 1110. The molecule has 0 saturated heterocycles. The maximum absolute atomic E-state index is 10.1. The summed E-state index contributed by atoms with van der Waals surface area (Å²) < 4.78 is 0. The number of aliphatic hydroxyl groups excluding tert-OH is 2. The highest BCUT2D eigenvalue weighted by Crippen LogP contribution is 2.37. The van der Waals surface area contributed by atoms with Crippen molar-refractivity contribution in [2.24, 2.45) is 5.10 Å². The standard InChI is InChI=1S/C22H23N5O2S2/c1-13-18(12-28)19-20(16-5-7-17(8-6-16)24-14(2)29)26-27(22(30)25-21(19)31-13)11-15-4-3-9-23-10-15/h3-10,14,24,28-29H,11-12H2,1-2H3,(H,25,30). The summed E-state index contributed by atoms with van der Waals surface area (Å²) in [6.07, 6.45) is 2.87. The number of thiocarbonyl (C=S) groups is 1. The van der Waals surface area contributed by atoms with Crippen LogP contribution in [0.15, 0.2) is 53.9 Å². The normalized spacial score (nSPS) is 14.4. The highest BCUT2D eigenvalue weighted by atomic mass is 32.1. The molecule has 1 aliphatic heterocycles. The van der Waals surface area contributed by atoms with E-state index in [0.29, 0.717) is 11.7 Å². The van der Waals surface area contributed by atoms with Crippen molar-refractivity contribution in [1.29, 1.82) is 0 Å². The van der Waals surface area contributed by atoms with Gasteiger partial charge in [-0.25, -0.2) is 5.01 Å². The Balaban J connectivity index is 1.80. The highest BCUT2D eigenvalue weighted by Gasteiger charge is 2.27. The molecule has 1 aromatic carbocycles. The van der Waals surface area contributed by atoms with E-state index in [2.05, 4.69) is 15.6 Å². The summed E-state index contributed by atoms with van der Waals surface area (Å²) >= 11 is 7.20. The SMILES string of the molecule is Cc1sc2c(c1CO)C(c1ccc(NC(C)O)cc1)=NN(Cc1cccnc1)C(=S)N2. The number of rotatable bonds is 6. The Morgan fingerprint density at radius 2 is 2.03 bits per heavy atom. The van der Waals surface area contributed by atoms with Gasteiger partial charge in [0.05, 0.1) is 13.2 Å². The van der Waals surface area contributed by atoms with Crippen molar-refractivity contribution in [3.8, 4) is 0 Å². The molecule has 7 nitrogen and oxygen atoms in total. The molecule has 0 fully saturated rings. The molecule has 9 heteroatoms. The van der Waals surface area contributed by atoms with Gasteiger partial charge in [-0.1, -0.05) is 18.2 Å². The summed E-state index contributed by atoms with van der Waals surface area (Å²) in [6, 6.07) is 11.5. The second-order valence-electron chi connectivity index (χ2n) is 7.19. The van der Waals surface area contributed by atoms with Gasteiger partial charge >= 0.3 is 0 Å². The molecule has 0 spiro atoms. The summed E-state index contributed by atoms with van der Waals surface area (Å²) in [5.41, 5.74) is 5.09. The summed E-state index contributed by atoms with van der Waals surface area (Å²) in [5.74, 6) is 0. The van der Waals surface area contributed by atoms with E-state index in [1.54, 1.807) is 35.7 Å². The van der Waals surface area contributed by atoms with E-state index in [1.807, 2.05) is 43.3 Å². The highest BCUT2D eigenvalue weighted by molar-refractivity contribution is 7.80. The van der Waals surface area contributed by atoms with E-state index in [0.717, 1.165) is 43.5 Å². The third kappa shape index (κ3) is 4.59. The molecular formula is C22H23N5O2S2. The first kappa shape index (κ1) is 21.4. The van der Waals surface area contributed by atoms with Crippen LogP contribution in [0.1, 0.15) is 34.1 Å². The Hall–Kier alpha value is -2.85. The number of pyridine rings is 1. The van der Waals surface area contributed by atoms with Gasteiger partial charge in [-0.2, -0.15) is 5.10 Å². The Kier molecular flexibility index (Phi) is 6.28. The first-order chi connectivity index (χ1) is 15.0. The van der Waals surface area contributed by atoms with E-state index in [1.165, 1.54) is 0 Å². The number of hydrogen-bond donors (Lipinski definition) is 4. The van der Waals surface area contributed by atoms with Crippen LogP contribution < -0.4 is 10.6 Å². The van der Waals surface area contributed by atoms with Crippen LogP contribution in [0.25, 0.3) is 0 Å². The monoisotopic (exact) mass is 453 g/mol. The fourth-order valence-corrected chi connectivity index (χ4v) is 4.76. The molecule has 3 heterocycles. The predicted octanol–water partition coefficient (Wildman–Crippen LogP) is 3.66. The number of aromatic nitrogens is 1. The molecule has 4 N–H and O–H groups in total. The summed E-state index contributed by atoms with van der Waals surface area (Å²) in [7, 11) is 0. The first-order valence-corrected chi connectivity index (χ1v) is 11.0. The average Bonchev–Trinajstić information content (AvgIpc) is 2.99. The number of aliphatic hydroxyl groups is 2. The van der Waals surface area contributed by atoms with Gasteiger partial charge in [0.1, 0.15) is 16.9 Å². The Labute approximate surface area is 190 Å². The third-order valence-electron chi connectivity index (χ3n) is 4.87. The fourth-order valence-electron chi connectivity index (χ4n) is 3.42. The van der Waals surface area contributed by atoms with Gasteiger partial charge in [0, 0.05) is 39.6 Å². The molecular weight excluding hydrogens is 430 g/mol. The van der Waals surface area contributed by atoms with Crippen LogP contribution in [0.5, 0.6) is 0 Å². The van der Waals surface area contributed by atoms with Gasteiger partial charge in [0.2, 0.25) is 0 Å². The lowest BCUT2D eigenvalue weighted by Crippen LogP contribution is -2.29. The summed E-state index contributed by atoms with van der Waals surface area (Å²) in [4.78, 5) is 5.20. The van der Waals surface area contributed by atoms with Crippen molar-refractivity contribution < 1.29 is 10.2 Å². The van der Waals surface area contributed by atoms with Crippen molar-refractivity contribution in [1.82, 2.24) is 9.99 Å². The van der Waals surface area contributed by atoms with Crippen molar-refractivity contribution in [3.05, 3.63) is 75.9 Å². The molecule has 160 valence electrons. The number of hydrazone groups is 1. The van der Waals surface area contributed by atoms with Gasteiger partial charge in [-0.15, -0.1) is 11.3 Å². The van der Waals surface area contributed by atoms with E-state index in [4.69, 9.17) is 17.3 Å². The minimum absolute atomic E-state index is 0.0879. The number of thiophene rings is 1. The van der Waals surface area contributed by atoms with Crippen molar-refractivity contribution in [2.45, 2.75) is 33.2 Å². The molecule has 0 bridgehead atoms. The largest absolute Gasteiger partial charge is 0.392 e. The van der Waals surface area contributed by atoms with Gasteiger partial charge in [0.25, 0.3) is 0 Å². The summed E-state index contributed by atoms with van der Waals surface area (Å²) in [6.45, 7) is 4.03. The minimum atomic E-state index is -0.648. The molecule has 1 aliphatic rings. The lowest BCUT2D eigenvalue weighted by atomic mass is 9.99. The summed E-state index contributed by atoms with van der Waals surface area (Å²) in [5, 5.41) is 33.9. The second kappa shape index (κ2) is 9.11. The van der Waals surface area contributed by atoms with Crippen molar-refractivity contribution in [3.63, 3.8) is 0 Å². The zero-order valence-electron chi connectivity index (χ0n) is 17.2. The van der Waals surface area contributed by atoms with Gasteiger partial charge in [-0.3, -0.25) is 4.98 Å². The number of nitrogens with one attached hydrogen (secondary N) is 2. The molecule has 1 atom stereocenters. The molecule has 4 rings (SSSR count). The van der Waals surface area contributed by atoms with Crippen molar-refractivity contribution in [2.75, 3.05) is 10.6 Å². The molecule has 0 saturated carbocycles. The topological polar surface area (TPSA) is 93.0 Å². The van der Waals surface area contributed by atoms with Crippen LogP contribution in [0.4, 0.5) is 10.7 Å². The number of hydrogen-bond acceptors (Lipinski definition) is 7. The Morgan fingerprint density at radius 1 is 1.26 bits per heavy atom. The van der Waals surface area contributed by atoms with Crippen LogP contribution >= 0.6 is 23.6 Å². The maximum Gasteiger partial charge on any atom is 0.195 e. The van der Waals surface area contributed by atoms with E-state index in [9.17, 15) is 10.2 Å². The van der Waals surface area contributed by atoms with Gasteiger partial charge < -0.3 is 20.8 Å². The first-order valence-electron chi connectivity index (χ1n) is 9.81. The number of benzene rings is 1. The van der Waals surface area contributed by atoms with Crippen molar-refractivity contribution >= 4 is 45.1 Å². The number of nitrogens with zero attached hydrogens (tertiary/aromatic N) is 3. The van der Waals surface area contributed by atoms with Crippen LogP contribution in [-0.4, -0.2) is 37.3 Å². The number of aryl methyl sites for hydroxylation is 1. The molecule has 2 aromatic heterocycles. The maximum atomic E-state index is 10.1. The molecule has 1 unspecified atom stereocenters. The van der Waals surface area contributed by atoms with Crippen LogP contribution in [0.2, 0.25) is 0 Å². The molecule has 0 aliphatic carbocycles. The molecule has 31 heavy (non-hydrogen) atoms. The molecule has 0 amide bonds. The Morgan fingerprint density at radius 3 is 2.68 bits per heavy atom. The van der Waals surface area contributed by atoms with E-state index >= 15 is 0 Å². The van der Waals surface area contributed by atoms with Crippen LogP contribution in [-0.2, 0) is 13.2 Å². The lowest BCUT2D eigenvalue weighted by Gasteiger charge is -2.19. The predicted molar refractivity (Wildman–Crippen MR) is 128 cm³/mol. The second-order valence-corrected chi connectivity index (χ2v) is 8.81. The lowest BCUT2D eigenvalue weighted by molar-refractivity contribution is 0.224. The van der Waals surface area contributed by atoms with E-state index < -0.39 is 6.23 Å². The zero-order chi connectivity index (χ0) is 22.0. The quantitative estimate of drug-likeness (QED) is 0.334. The zero-order valence-corrected chi connectivity index (χ0v) is 18.8. The average molecular weight is 454 g/mol. The third-order valence-corrected chi connectivity index (χ3v) is 6.24. The van der Waals surface area contributed by atoms with Gasteiger partial charge in [-0.05, 0) is 49.8 Å². The smallest absolute Gasteiger partial charge is 0.195 e. The fraction of sp³-hybridized carbons (Fsp3) is 0.227. The molecule has 0 radical (unpaired) electrons. The molecule has 3 aromatic rings. The van der Waals surface area contributed by atoms with E-state index in [-0.39, 0.29) is 6.61 Å². The van der Waals surface area contributed by atoms with Crippen LogP contribution in [0.3, 0.4) is 0 Å². The van der Waals surface area contributed by atoms with Crippen LogP contribution in [0, 0.1) is 6.92 Å².